The highest BCUT2D eigenvalue weighted by molar-refractivity contribution is 6.02. The summed E-state index contributed by atoms with van der Waals surface area (Å²) in [5.74, 6) is 0.654. The van der Waals surface area contributed by atoms with Gasteiger partial charge in [-0.3, -0.25) is 9.59 Å². The van der Waals surface area contributed by atoms with Gasteiger partial charge < -0.3 is 15.4 Å². The third kappa shape index (κ3) is 4.41. The maximum Gasteiger partial charge on any atom is 0.248 e. The Morgan fingerprint density at radius 1 is 1.28 bits per heavy atom. The van der Waals surface area contributed by atoms with Crippen molar-refractivity contribution in [2.75, 3.05) is 0 Å². The van der Waals surface area contributed by atoms with Crippen LogP contribution in [0.1, 0.15) is 51.5 Å². The SMILES string of the molecule is CC(C)Oc1ccc(CNC(=O)CC2=C3CCCCC3NC2=O)cc1. The summed E-state index contributed by atoms with van der Waals surface area (Å²) < 4.78 is 5.61. The van der Waals surface area contributed by atoms with Gasteiger partial charge in [-0.2, -0.15) is 0 Å². The lowest BCUT2D eigenvalue weighted by Crippen LogP contribution is -2.30. The lowest BCUT2D eigenvalue weighted by molar-refractivity contribution is -0.123. The van der Waals surface area contributed by atoms with Crippen molar-refractivity contribution in [2.45, 2.75) is 64.6 Å². The lowest BCUT2D eigenvalue weighted by atomic mass is 9.88. The number of carbonyl (C=O) groups is 2. The minimum atomic E-state index is -0.105. The normalized spacial score (nSPS) is 19.6. The molecule has 0 radical (unpaired) electrons. The Kier molecular flexibility index (Phi) is 5.41. The first-order valence-electron chi connectivity index (χ1n) is 9.08. The highest BCUT2D eigenvalue weighted by Crippen LogP contribution is 2.32. The van der Waals surface area contributed by atoms with Crippen LogP contribution >= 0.6 is 0 Å². The molecular formula is C20H26N2O3. The summed E-state index contributed by atoms with van der Waals surface area (Å²) >= 11 is 0. The van der Waals surface area contributed by atoms with Crippen molar-refractivity contribution < 1.29 is 14.3 Å². The van der Waals surface area contributed by atoms with Crippen molar-refractivity contribution >= 4 is 11.8 Å². The van der Waals surface area contributed by atoms with E-state index in [1.807, 2.05) is 38.1 Å². The fourth-order valence-corrected chi connectivity index (χ4v) is 3.50. The number of benzene rings is 1. The van der Waals surface area contributed by atoms with Crippen molar-refractivity contribution in [1.82, 2.24) is 10.6 Å². The predicted octanol–water partition coefficient (Wildman–Crippen LogP) is 2.85. The van der Waals surface area contributed by atoms with Gasteiger partial charge in [0.05, 0.1) is 18.6 Å². The van der Waals surface area contributed by atoms with E-state index in [9.17, 15) is 9.59 Å². The molecule has 1 aliphatic carbocycles. The van der Waals surface area contributed by atoms with Crippen LogP contribution in [-0.2, 0) is 16.1 Å². The molecule has 5 heteroatoms. The van der Waals surface area contributed by atoms with Gasteiger partial charge in [0.15, 0.2) is 0 Å². The highest BCUT2D eigenvalue weighted by atomic mass is 16.5. The Morgan fingerprint density at radius 2 is 2.04 bits per heavy atom. The first-order valence-corrected chi connectivity index (χ1v) is 9.08. The lowest BCUT2D eigenvalue weighted by Gasteiger charge is -2.20. The van der Waals surface area contributed by atoms with E-state index in [0.717, 1.165) is 42.6 Å². The van der Waals surface area contributed by atoms with Crippen LogP contribution in [0.2, 0.25) is 0 Å². The number of rotatable bonds is 6. The molecule has 1 aromatic carbocycles. The van der Waals surface area contributed by atoms with E-state index in [0.29, 0.717) is 12.1 Å². The van der Waals surface area contributed by atoms with E-state index in [-0.39, 0.29) is 30.4 Å². The van der Waals surface area contributed by atoms with Crippen molar-refractivity contribution in [3.8, 4) is 5.75 Å². The van der Waals surface area contributed by atoms with Crippen LogP contribution in [0, 0.1) is 0 Å². The van der Waals surface area contributed by atoms with E-state index in [4.69, 9.17) is 4.74 Å². The Bertz CT molecular complexity index is 677. The molecule has 2 aliphatic rings. The number of ether oxygens (including phenoxy) is 1. The Hall–Kier alpha value is -2.30. The fourth-order valence-electron chi connectivity index (χ4n) is 3.50. The minimum absolute atomic E-state index is 0.0627. The monoisotopic (exact) mass is 342 g/mol. The Morgan fingerprint density at radius 3 is 2.76 bits per heavy atom. The molecule has 1 saturated carbocycles. The topological polar surface area (TPSA) is 67.4 Å². The number of fused-ring (bicyclic) bond motifs is 1. The van der Waals surface area contributed by atoms with Crippen molar-refractivity contribution in [3.05, 3.63) is 41.0 Å². The third-order valence-electron chi connectivity index (χ3n) is 4.70. The van der Waals surface area contributed by atoms with Crippen LogP contribution in [0.4, 0.5) is 0 Å². The third-order valence-corrected chi connectivity index (χ3v) is 4.70. The number of carbonyl (C=O) groups excluding carboxylic acids is 2. The molecule has 1 heterocycles. The molecule has 134 valence electrons. The predicted molar refractivity (Wildman–Crippen MR) is 96.1 cm³/mol. The summed E-state index contributed by atoms with van der Waals surface area (Å²) in [5.41, 5.74) is 2.85. The molecule has 0 saturated heterocycles. The fraction of sp³-hybridized carbons (Fsp3) is 0.500. The van der Waals surface area contributed by atoms with E-state index >= 15 is 0 Å². The van der Waals surface area contributed by atoms with Gasteiger partial charge in [0.25, 0.3) is 0 Å². The molecule has 1 atom stereocenters. The molecule has 0 aromatic heterocycles. The summed E-state index contributed by atoms with van der Waals surface area (Å²) in [7, 11) is 0. The van der Waals surface area contributed by atoms with Crippen molar-refractivity contribution in [3.63, 3.8) is 0 Å². The molecule has 1 fully saturated rings. The van der Waals surface area contributed by atoms with Crippen LogP contribution in [0.15, 0.2) is 35.4 Å². The molecular weight excluding hydrogens is 316 g/mol. The summed E-state index contributed by atoms with van der Waals surface area (Å²) in [4.78, 5) is 24.4. The molecule has 0 bridgehead atoms. The Labute approximate surface area is 148 Å². The average molecular weight is 342 g/mol. The molecule has 1 unspecified atom stereocenters. The van der Waals surface area contributed by atoms with Gasteiger partial charge in [0, 0.05) is 12.1 Å². The highest BCUT2D eigenvalue weighted by Gasteiger charge is 2.33. The first-order chi connectivity index (χ1) is 12.0. The number of nitrogens with one attached hydrogen (secondary N) is 2. The van der Waals surface area contributed by atoms with E-state index in [1.54, 1.807) is 0 Å². The molecule has 2 amide bonds. The van der Waals surface area contributed by atoms with Crippen molar-refractivity contribution in [1.29, 1.82) is 0 Å². The smallest absolute Gasteiger partial charge is 0.248 e. The van der Waals surface area contributed by atoms with E-state index in [1.165, 1.54) is 0 Å². The maximum atomic E-state index is 12.3. The van der Waals surface area contributed by atoms with Gasteiger partial charge in [-0.25, -0.2) is 0 Å². The zero-order chi connectivity index (χ0) is 17.8. The van der Waals surface area contributed by atoms with Crippen LogP contribution < -0.4 is 15.4 Å². The average Bonchev–Trinajstić information content (AvgIpc) is 2.89. The molecule has 3 rings (SSSR count). The Balaban J connectivity index is 1.53. The number of hydrogen-bond acceptors (Lipinski definition) is 3. The maximum absolute atomic E-state index is 12.3. The molecule has 5 nitrogen and oxygen atoms in total. The van der Waals surface area contributed by atoms with Gasteiger partial charge >= 0.3 is 0 Å². The van der Waals surface area contributed by atoms with Crippen LogP contribution in [0.3, 0.4) is 0 Å². The van der Waals surface area contributed by atoms with Crippen LogP contribution in [0.25, 0.3) is 0 Å². The van der Waals surface area contributed by atoms with Gasteiger partial charge in [-0.05, 0) is 56.4 Å². The van der Waals surface area contributed by atoms with Crippen LogP contribution in [-0.4, -0.2) is 24.0 Å². The van der Waals surface area contributed by atoms with Crippen LogP contribution in [0.5, 0.6) is 5.75 Å². The standard InChI is InChI=1S/C20H26N2O3/c1-13(2)25-15-9-7-14(8-10-15)12-21-19(23)11-17-16-5-3-4-6-18(16)22-20(17)24/h7-10,13,18H,3-6,11-12H2,1-2H3,(H,21,23)(H,22,24). The largest absolute Gasteiger partial charge is 0.491 e. The summed E-state index contributed by atoms with van der Waals surface area (Å²) in [6, 6.07) is 7.86. The number of amides is 2. The molecule has 1 aromatic rings. The zero-order valence-corrected chi connectivity index (χ0v) is 14.9. The molecule has 2 N–H and O–H groups in total. The zero-order valence-electron chi connectivity index (χ0n) is 14.9. The number of hydrogen-bond donors (Lipinski definition) is 2. The minimum Gasteiger partial charge on any atom is -0.491 e. The summed E-state index contributed by atoms with van der Waals surface area (Å²) in [6.07, 6.45) is 4.49. The van der Waals surface area contributed by atoms with E-state index in [2.05, 4.69) is 10.6 Å². The quantitative estimate of drug-likeness (QED) is 0.835. The van der Waals surface area contributed by atoms with Gasteiger partial charge in [0.2, 0.25) is 11.8 Å². The second kappa shape index (κ2) is 7.72. The van der Waals surface area contributed by atoms with Crippen molar-refractivity contribution in [2.24, 2.45) is 0 Å². The molecule has 25 heavy (non-hydrogen) atoms. The second-order valence-corrected chi connectivity index (χ2v) is 7.04. The molecule has 0 spiro atoms. The van der Waals surface area contributed by atoms with Gasteiger partial charge in [-0.15, -0.1) is 0 Å². The molecule has 1 aliphatic heterocycles. The van der Waals surface area contributed by atoms with Gasteiger partial charge in [-0.1, -0.05) is 18.6 Å². The van der Waals surface area contributed by atoms with Gasteiger partial charge in [0.1, 0.15) is 5.75 Å². The second-order valence-electron chi connectivity index (χ2n) is 7.04. The van der Waals surface area contributed by atoms with E-state index < -0.39 is 0 Å². The summed E-state index contributed by atoms with van der Waals surface area (Å²) in [6.45, 7) is 4.42. The summed E-state index contributed by atoms with van der Waals surface area (Å²) in [5, 5.41) is 5.91. The first kappa shape index (κ1) is 17.5.